The molecule has 0 saturated carbocycles. The molecular formula is C18H27N5. The van der Waals surface area contributed by atoms with Gasteiger partial charge in [0.2, 0.25) is 0 Å². The van der Waals surface area contributed by atoms with E-state index in [1.165, 1.54) is 19.4 Å². The van der Waals surface area contributed by atoms with Crippen molar-refractivity contribution in [3.63, 3.8) is 0 Å². The number of benzene rings is 1. The number of nitriles is 1. The number of guanidine groups is 1. The van der Waals surface area contributed by atoms with E-state index in [2.05, 4.69) is 40.4 Å². The summed E-state index contributed by atoms with van der Waals surface area (Å²) in [6, 6.07) is 10.3. The molecule has 0 spiro atoms. The molecule has 1 fully saturated rings. The molecule has 0 aromatic heterocycles. The SMILES string of the molecule is CCNC(=NCc1ccc(C#N)cc1)NCC1CCCN1CC. The Balaban J connectivity index is 1.90. The molecule has 23 heavy (non-hydrogen) atoms. The van der Waals surface area contributed by atoms with E-state index < -0.39 is 0 Å². The van der Waals surface area contributed by atoms with Crippen molar-refractivity contribution >= 4 is 5.96 Å². The number of nitrogens with zero attached hydrogens (tertiary/aromatic N) is 3. The maximum atomic E-state index is 8.83. The van der Waals surface area contributed by atoms with Crippen molar-refractivity contribution in [2.24, 2.45) is 4.99 Å². The molecular weight excluding hydrogens is 286 g/mol. The molecule has 5 heteroatoms. The van der Waals surface area contributed by atoms with E-state index in [-0.39, 0.29) is 0 Å². The number of aliphatic imine (C=N–C) groups is 1. The van der Waals surface area contributed by atoms with Crippen molar-refractivity contribution in [3.8, 4) is 6.07 Å². The molecule has 0 bridgehead atoms. The van der Waals surface area contributed by atoms with E-state index in [0.717, 1.165) is 31.2 Å². The first-order valence-corrected chi connectivity index (χ1v) is 8.52. The third-order valence-electron chi connectivity index (χ3n) is 4.26. The van der Waals surface area contributed by atoms with Crippen molar-refractivity contribution in [2.45, 2.75) is 39.3 Å². The number of likely N-dealkylation sites (N-methyl/N-ethyl adjacent to an activating group) is 1. The molecule has 0 aliphatic carbocycles. The minimum absolute atomic E-state index is 0.610. The number of hydrogen-bond donors (Lipinski definition) is 2. The Hall–Kier alpha value is -2.06. The fraction of sp³-hybridized carbons (Fsp3) is 0.556. The monoisotopic (exact) mass is 313 g/mol. The molecule has 1 heterocycles. The van der Waals surface area contributed by atoms with Crippen molar-refractivity contribution in [2.75, 3.05) is 26.2 Å². The normalized spacial score (nSPS) is 18.7. The molecule has 0 amide bonds. The van der Waals surface area contributed by atoms with Crippen LogP contribution in [0.1, 0.15) is 37.8 Å². The summed E-state index contributed by atoms with van der Waals surface area (Å²) in [7, 11) is 0. The molecule has 5 nitrogen and oxygen atoms in total. The number of nitrogens with one attached hydrogen (secondary N) is 2. The molecule has 1 unspecified atom stereocenters. The average Bonchev–Trinajstić information content (AvgIpc) is 3.05. The second kappa shape index (κ2) is 9.16. The number of likely N-dealkylation sites (tertiary alicyclic amines) is 1. The van der Waals surface area contributed by atoms with Crippen LogP contribution in [0.3, 0.4) is 0 Å². The zero-order valence-electron chi connectivity index (χ0n) is 14.2. The van der Waals surface area contributed by atoms with Gasteiger partial charge in [0.1, 0.15) is 0 Å². The standard InChI is InChI=1S/C18H27N5/c1-3-20-18(22-14-17-6-5-11-23(17)4-2)21-13-16-9-7-15(12-19)8-10-16/h7-10,17H,3-6,11,13-14H2,1-2H3,(H2,20,21,22). The summed E-state index contributed by atoms with van der Waals surface area (Å²) in [6.07, 6.45) is 2.55. The lowest BCUT2D eigenvalue weighted by atomic mass is 10.1. The molecule has 1 atom stereocenters. The molecule has 1 saturated heterocycles. The lowest BCUT2D eigenvalue weighted by Crippen LogP contribution is -2.44. The molecule has 1 aliphatic heterocycles. The van der Waals surface area contributed by atoms with Gasteiger partial charge in [-0.2, -0.15) is 5.26 Å². The van der Waals surface area contributed by atoms with E-state index >= 15 is 0 Å². The molecule has 2 N–H and O–H groups in total. The Morgan fingerprint density at radius 3 is 2.74 bits per heavy atom. The van der Waals surface area contributed by atoms with Gasteiger partial charge in [-0.25, -0.2) is 4.99 Å². The van der Waals surface area contributed by atoms with Gasteiger partial charge in [-0.3, -0.25) is 4.90 Å². The molecule has 1 aromatic carbocycles. The van der Waals surface area contributed by atoms with Crippen LogP contribution in [0, 0.1) is 11.3 Å². The minimum Gasteiger partial charge on any atom is -0.357 e. The van der Waals surface area contributed by atoms with Crippen LogP contribution >= 0.6 is 0 Å². The highest BCUT2D eigenvalue weighted by molar-refractivity contribution is 5.79. The van der Waals surface area contributed by atoms with Gasteiger partial charge in [0.05, 0.1) is 18.2 Å². The molecule has 0 radical (unpaired) electrons. The summed E-state index contributed by atoms with van der Waals surface area (Å²) < 4.78 is 0. The van der Waals surface area contributed by atoms with E-state index in [0.29, 0.717) is 18.2 Å². The van der Waals surface area contributed by atoms with Crippen molar-refractivity contribution in [1.29, 1.82) is 5.26 Å². The van der Waals surface area contributed by atoms with E-state index in [9.17, 15) is 0 Å². The molecule has 124 valence electrons. The summed E-state index contributed by atoms with van der Waals surface area (Å²) >= 11 is 0. The highest BCUT2D eigenvalue weighted by atomic mass is 15.2. The highest BCUT2D eigenvalue weighted by Gasteiger charge is 2.22. The quantitative estimate of drug-likeness (QED) is 0.623. The Bertz CT molecular complexity index is 544. The third kappa shape index (κ3) is 5.26. The minimum atomic E-state index is 0.610. The topological polar surface area (TPSA) is 63.5 Å². The van der Waals surface area contributed by atoms with Gasteiger partial charge in [0, 0.05) is 19.1 Å². The van der Waals surface area contributed by atoms with Crippen LogP contribution in [0.25, 0.3) is 0 Å². The van der Waals surface area contributed by atoms with Gasteiger partial charge < -0.3 is 10.6 Å². The largest absolute Gasteiger partial charge is 0.357 e. The van der Waals surface area contributed by atoms with Crippen LogP contribution in [-0.4, -0.2) is 43.1 Å². The summed E-state index contributed by atoms with van der Waals surface area (Å²) in [4.78, 5) is 7.17. The zero-order valence-corrected chi connectivity index (χ0v) is 14.2. The Morgan fingerprint density at radius 1 is 1.30 bits per heavy atom. The highest BCUT2D eigenvalue weighted by Crippen LogP contribution is 2.15. The van der Waals surface area contributed by atoms with E-state index in [4.69, 9.17) is 5.26 Å². The Kier molecular flexibility index (Phi) is 6.89. The van der Waals surface area contributed by atoms with Crippen LogP contribution in [0.4, 0.5) is 0 Å². The first-order valence-electron chi connectivity index (χ1n) is 8.52. The molecule has 1 aliphatic rings. The first kappa shape index (κ1) is 17.3. The smallest absolute Gasteiger partial charge is 0.191 e. The van der Waals surface area contributed by atoms with E-state index in [1.807, 2.05) is 24.3 Å². The number of hydrogen-bond acceptors (Lipinski definition) is 3. The van der Waals surface area contributed by atoms with Gasteiger partial charge >= 0.3 is 0 Å². The average molecular weight is 313 g/mol. The van der Waals surface area contributed by atoms with Gasteiger partial charge in [-0.05, 0) is 50.6 Å². The fourth-order valence-corrected chi connectivity index (χ4v) is 2.95. The van der Waals surface area contributed by atoms with Gasteiger partial charge in [-0.15, -0.1) is 0 Å². The predicted octanol–water partition coefficient (Wildman–Crippen LogP) is 2.10. The second-order valence-corrected chi connectivity index (χ2v) is 5.81. The van der Waals surface area contributed by atoms with Crippen molar-refractivity contribution < 1.29 is 0 Å². The summed E-state index contributed by atoms with van der Waals surface area (Å²) in [5, 5.41) is 15.6. The van der Waals surface area contributed by atoms with Crippen LogP contribution in [0.5, 0.6) is 0 Å². The van der Waals surface area contributed by atoms with Crippen molar-refractivity contribution in [1.82, 2.24) is 15.5 Å². The third-order valence-corrected chi connectivity index (χ3v) is 4.26. The maximum Gasteiger partial charge on any atom is 0.191 e. The fourth-order valence-electron chi connectivity index (χ4n) is 2.95. The lowest BCUT2D eigenvalue weighted by molar-refractivity contribution is 0.267. The Morgan fingerprint density at radius 2 is 2.09 bits per heavy atom. The van der Waals surface area contributed by atoms with Crippen LogP contribution in [-0.2, 0) is 6.54 Å². The molecule has 2 rings (SSSR count). The predicted molar refractivity (Wildman–Crippen MR) is 94.2 cm³/mol. The van der Waals surface area contributed by atoms with Crippen LogP contribution in [0.15, 0.2) is 29.3 Å². The lowest BCUT2D eigenvalue weighted by Gasteiger charge is -2.24. The van der Waals surface area contributed by atoms with E-state index in [1.54, 1.807) is 0 Å². The Labute approximate surface area is 139 Å². The summed E-state index contributed by atoms with van der Waals surface area (Å²) in [6.45, 7) is 9.03. The summed E-state index contributed by atoms with van der Waals surface area (Å²) in [5.41, 5.74) is 1.79. The van der Waals surface area contributed by atoms with Crippen LogP contribution < -0.4 is 10.6 Å². The van der Waals surface area contributed by atoms with Crippen LogP contribution in [0.2, 0.25) is 0 Å². The van der Waals surface area contributed by atoms with Crippen molar-refractivity contribution in [3.05, 3.63) is 35.4 Å². The number of rotatable bonds is 6. The maximum absolute atomic E-state index is 8.83. The zero-order chi connectivity index (χ0) is 16.5. The van der Waals surface area contributed by atoms with Gasteiger partial charge in [-0.1, -0.05) is 19.1 Å². The van der Waals surface area contributed by atoms with Gasteiger partial charge in [0.15, 0.2) is 5.96 Å². The first-order chi connectivity index (χ1) is 11.3. The second-order valence-electron chi connectivity index (χ2n) is 5.81. The van der Waals surface area contributed by atoms with Gasteiger partial charge in [0.25, 0.3) is 0 Å². The molecule has 1 aromatic rings. The summed E-state index contributed by atoms with van der Waals surface area (Å²) in [5.74, 6) is 0.861.